The van der Waals surface area contributed by atoms with E-state index in [-0.39, 0.29) is 18.6 Å². The second-order valence-electron chi connectivity index (χ2n) is 4.46. The number of nitrogens with zero attached hydrogens (tertiary/aromatic N) is 1. The topological polar surface area (TPSA) is 52.6 Å². The van der Waals surface area contributed by atoms with Crippen LogP contribution in [-0.4, -0.2) is 49.2 Å². The molecule has 4 nitrogen and oxygen atoms in total. The van der Waals surface area contributed by atoms with Crippen LogP contribution in [0.2, 0.25) is 0 Å². The SMILES string of the molecule is CNCCc1ccccc1C(=O)N(C)C(C)CO. The maximum absolute atomic E-state index is 12.3. The Kier molecular flexibility index (Phi) is 5.82. The molecule has 18 heavy (non-hydrogen) atoms. The van der Waals surface area contributed by atoms with Gasteiger partial charge in [0, 0.05) is 12.6 Å². The Balaban J connectivity index is 2.90. The van der Waals surface area contributed by atoms with E-state index in [0.29, 0.717) is 0 Å². The van der Waals surface area contributed by atoms with E-state index in [1.54, 1.807) is 11.9 Å². The summed E-state index contributed by atoms with van der Waals surface area (Å²) in [7, 11) is 3.61. The van der Waals surface area contributed by atoms with Crippen molar-refractivity contribution in [3.8, 4) is 0 Å². The Morgan fingerprint density at radius 2 is 2.11 bits per heavy atom. The zero-order valence-corrected chi connectivity index (χ0v) is 11.3. The van der Waals surface area contributed by atoms with Crippen molar-refractivity contribution >= 4 is 5.91 Å². The molecule has 0 saturated carbocycles. The van der Waals surface area contributed by atoms with Gasteiger partial charge >= 0.3 is 0 Å². The van der Waals surface area contributed by atoms with Crippen LogP contribution in [0.1, 0.15) is 22.8 Å². The predicted molar refractivity (Wildman–Crippen MR) is 72.7 cm³/mol. The van der Waals surface area contributed by atoms with Crippen LogP contribution in [0.15, 0.2) is 24.3 Å². The molecule has 100 valence electrons. The van der Waals surface area contributed by atoms with Gasteiger partial charge in [-0.15, -0.1) is 0 Å². The van der Waals surface area contributed by atoms with Gasteiger partial charge in [-0.25, -0.2) is 0 Å². The zero-order valence-electron chi connectivity index (χ0n) is 11.3. The van der Waals surface area contributed by atoms with Crippen LogP contribution < -0.4 is 5.32 Å². The molecule has 0 heterocycles. The first kappa shape index (κ1) is 14.7. The lowest BCUT2D eigenvalue weighted by atomic mass is 10.0. The van der Waals surface area contributed by atoms with E-state index in [1.165, 1.54) is 0 Å². The Morgan fingerprint density at radius 1 is 1.44 bits per heavy atom. The van der Waals surface area contributed by atoms with Crippen LogP contribution in [0.3, 0.4) is 0 Å². The van der Waals surface area contributed by atoms with Crippen LogP contribution in [0.25, 0.3) is 0 Å². The van der Waals surface area contributed by atoms with Gasteiger partial charge in [-0.05, 0) is 38.6 Å². The molecule has 1 amide bonds. The molecule has 0 radical (unpaired) electrons. The summed E-state index contributed by atoms with van der Waals surface area (Å²) in [6.45, 7) is 2.64. The van der Waals surface area contributed by atoms with Crippen LogP contribution in [-0.2, 0) is 6.42 Å². The van der Waals surface area contributed by atoms with E-state index < -0.39 is 0 Å². The number of aliphatic hydroxyl groups excluding tert-OH is 1. The first-order valence-electron chi connectivity index (χ1n) is 6.22. The van der Waals surface area contributed by atoms with Gasteiger partial charge in [0.25, 0.3) is 5.91 Å². The summed E-state index contributed by atoms with van der Waals surface area (Å²) in [4.78, 5) is 13.9. The van der Waals surface area contributed by atoms with Crippen molar-refractivity contribution in [3.05, 3.63) is 35.4 Å². The number of amides is 1. The lowest BCUT2D eigenvalue weighted by Gasteiger charge is -2.24. The van der Waals surface area contributed by atoms with Crippen molar-refractivity contribution in [2.75, 3.05) is 27.2 Å². The third-order valence-electron chi connectivity index (χ3n) is 3.14. The minimum atomic E-state index is -0.171. The number of nitrogens with one attached hydrogen (secondary N) is 1. The van der Waals surface area contributed by atoms with Crippen molar-refractivity contribution < 1.29 is 9.90 Å². The molecule has 0 bridgehead atoms. The van der Waals surface area contributed by atoms with Gasteiger partial charge in [0.15, 0.2) is 0 Å². The standard InChI is InChI=1S/C14H22N2O2/c1-11(10-17)16(3)14(18)13-7-5-4-6-12(13)8-9-15-2/h4-7,11,15,17H,8-10H2,1-3H3. The number of rotatable bonds is 6. The summed E-state index contributed by atoms with van der Waals surface area (Å²) in [5.41, 5.74) is 1.75. The highest BCUT2D eigenvalue weighted by molar-refractivity contribution is 5.95. The van der Waals surface area contributed by atoms with Crippen molar-refractivity contribution in [2.45, 2.75) is 19.4 Å². The third kappa shape index (κ3) is 3.55. The van der Waals surface area contributed by atoms with Crippen molar-refractivity contribution in [3.63, 3.8) is 0 Å². The molecule has 1 atom stereocenters. The van der Waals surface area contributed by atoms with Gasteiger partial charge in [-0.1, -0.05) is 18.2 Å². The van der Waals surface area contributed by atoms with Gasteiger partial charge < -0.3 is 15.3 Å². The first-order valence-corrected chi connectivity index (χ1v) is 6.22. The lowest BCUT2D eigenvalue weighted by molar-refractivity contribution is 0.0681. The number of aliphatic hydroxyl groups is 1. The van der Waals surface area contributed by atoms with Crippen LogP contribution in [0.5, 0.6) is 0 Å². The fraction of sp³-hybridized carbons (Fsp3) is 0.500. The Morgan fingerprint density at radius 3 is 2.72 bits per heavy atom. The second kappa shape index (κ2) is 7.13. The average Bonchev–Trinajstić information content (AvgIpc) is 2.42. The van der Waals surface area contributed by atoms with Gasteiger partial charge in [-0.3, -0.25) is 4.79 Å². The number of carbonyl (C=O) groups is 1. The molecule has 0 aliphatic carbocycles. The highest BCUT2D eigenvalue weighted by Crippen LogP contribution is 2.13. The highest BCUT2D eigenvalue weighted by atomic mass is 16.3. The van der Waals surface area contributed by atoms with Crippen LogP contribution in [0.4, 0.5) is 0 Å². The molecule has 2 N–H and O–H groups in total. The number of hydrogen-bond donors (Lipinski definition) is 2. The predicted octanol–water partition coefficient (Wildman–Crippen LogP) is 0.901. The monoisotopic (exact) mass is 250 g/mol. The summed E-state index contributed by atoms with van der Waals surface area (Å²) in [6.07, 6.45) is 0.819. The fourth-order valence-corrected chi connectivity index (χ4v) is 1.72. The maximum atomic E-state index is 12.3. The number of hydrogen-bond acceptors (Lipinski definition) is 3. The molecule has 0 aliphatic rings. The molecule has 0 aromatic heterocycles. The van der Waals surface area contributed by atoms with Crippen molar-refractivity contribution in [2.24, 2.45) is 0 Å². The van der Waals surface area contributed by atoms with Gasteiger partial charge in [0.1, 0.15) is 0 Å². The van der Waals surface area contributed by atoms with Crippen LogP contribution in [0, 0.1) is 0 Å². The van der Waals surface area contributed by atoms with E-state index in [0.717, 1.165) is 24.1 Å². The minimum Gasteiger partial charge on any atom is -0.394 e. The number of benzene rings is 1. The van der Waals surface area contributed by atoms with Gasteiger partial charge in [-0.2, -0.15) is 0 Å². The summed E-state index contributed by atoms with van der Waals surface area (Å²) in [5, 5.41) is 12.2. The van der Waals surface area contributed by atoms with Gasteiger partial charge in [0.05, 0.1) is 12.6 Å². The number of likely N-dealkylation sites (N-methyl/N-ethyl adjacent to an activating group) is 2. The van der Waals surface area contributed by atoms with E-state index in [2.05, 4.69) is 5.32 Å². The molecule has 0 fully saturated rings. The number of carbonyl (C=O) groups excluding carboxylic acids is 1. The average molecular weight is 250 g/mol. The molecule has 1 aromatic carbocycles. The van der Waals surface area contributed by atoms with E-state index in [9.17, 15) is 4.79 Å². The Labute approximate surface area is 109 Å². The van der Waals surface area contributed by atoms with Crippen molar-refractivity contribution in [1.82, 2.24) is 10.2 Å². The lowest BCUT2D eigenvalue weighted by Crippen LogP contribution is -2.37. The molecule has 1 aromatic rings. The second-order valence-corrected chi connectivity index (χ2v) is 4.46. The minimum absolute atomic E-state index is 0.0269. The fourth-order valence-electron chi connectivity index (χ4n) is 1.72. The van der Waals surface area contributed by atoms with E-state index in [1.807, 2.05) is 38.2 Å². The first-order chi connectivity index (χ1) is 8.61. The largest absolute Gasteiger partial charge is 0.394 e. The summed E-state index contributed by atoms with van der Waals surface area (Å²) >= 11 is 0. The summed E-state index contributed by atoms with van der Waals surface area (Å²) in [6, 6.07) is 7.45. The normalized spacial score (nSPS) is 12.2. The van der Waals surface area contributed by atoms with Crippen molar-refractivity contribution in [1.29, 1.82) is 0 Å². The zero-order chi connectivity index (χ0) is 13.5. The third-order valence-corrected chi connectivity index (χ3v) is 3.14. The van der Waals surface area contributed by atoms with Gasteiger partial charge in [0.2, 0.25) is 0 Å². The summed E-state index contributed by atoms with van der Waals surface area (Å²) < 4.78 is 0. The maximum Gasteiger partial charge on any atom is 0.254 e. The molecular formula is C14H22N2O2. The molecule has 0 aliphatic heterocycles. The Hall–Kier alpha value is -1.39. The molecule has 1 unspecified atom stereocenters. The van der Waals surface area contributed by atoms with E-state index in [4.69, 9.17) is 5.11 Å². The molecular weight excluding hydrogens is 228 g/mol. The van der Waals surface area contributed by atoms with Crippen LogP contribution >= 0.6 is 0 Å². The quantitative estimate of drug-likeness (QED) is 0.789. The van der Waals surface area contributed by atoms with E-state index >= 15 is 0 Å². The molecule has 1 rings (SSSR count). The smallest absolute Gasteiger partial charge is 0.254 e. The summed E-state index contributed by atoms with van der Waals surface area (Å²) in [5.74, 6) is -0.0387. The Bertz CT molecular complexity index is 393. The highest BCUT2D eigenvalue weighted by Gasteiger charge is 2.18. The molecule has 0 spiro atoms. The molecule has 4 heteroatoms. The molecule has 0 saturated heterocycles.